The fraction of sp³-hybridized carbons (Fsp3) is 0.625. The summed E-state index contributed by atoms with van der Waals surface area (Å²) in [5.41, 5.74) is 0.150. The van der Waals surface area contributed by atoms with E-state index < -0.39 is 0 Å². The molecule has 0 heterocycles. The van der Waals surface area contributed by atoms with Crippen LogP contribution in [0.1, 0.15) is 41.0 Å². The van der Waals surface area contributed by atoms with E-state index in [1.54, 1.807) is 0 Å². The van der Waals surface area contributed by atoms with Gasteiger partial charge in [-0.3, -0.25) is 0 Å². The zero-order valence-corrected chi connectivity index (χ0v) is 12.8. The Labute approximate surface area is 117 Å². The molecule has 0 aliphatic carbocycles. The number of nitrogens with one attached hydrogen (secondary N) is 1. The molecule has 1 N–H and O–H groups in total. The van der Waals surface area contributed by atoms with Crippen LogP contribution in [0.2, 0.25) is 0 Å². The molecule has 0 aliphatic heterocycles. The zero-order valence-electron chi connectivity index (χ0n) is 12.8. The average Bonchev–Trinajstić information content (AvgIpc) is 2.39. The molecular formula is C16H27NO2. The number of benzene rings is 1. The average molecular weight is 265 g/mol. The van der Waals surface area contributed by atoms with E-state index in [4.69, 9.17) is 9.47 Å². The second kappa shape index (κ2) is 7.39. The van der Waals surface area contributed by atoms with Gasteiger partial charge in [0.2, 0.25) is 0 Å². The highest BCUT2D eigenvalue weighted by Gasteiger charge is 2.16. The molecule has 0 fully saturated rings. The van der Waals surface area contributed by atoms with Crippen LogP contribution >= 0.6 is 0 Å². The van der Waals surface area contributed by atoms with Crippen LogP contribution in [0.15, 0.2) is 24.3 Å². The minimum atomic E-state index is 0.104. The predicted octanol–water partition coefficient (Wildman–Crippen LogP) is 3.63. The molecule has 19 heavy (non-hydrogen) atoms. The highest BCUT2D eigenvalue weighted by Crippen LogP contribution is 2.27. The van der Waals surface area contributed by atoms with Crippen LogP contribution in [0.25, 0.3) is 0 Å². The largest absolute Gasteiger partial charge is 0.490 e. The van der Waals surface area contributed by atoms with Gasteiger partial charge in [-0.1, -0.05) is 19.1 Å². The number of para-hydroxylation sites is 2. The fourth-order valence-corrected chi connectivity index (χ4v) is 1.63. The summed E-state index contributed by atoms with van der Waals surface area (Å²) in [6, 6.07) is 7.82. The molecule has 1 atom stereocenters. The van der Waals surface area contributed by atoms with E-state index in [1.807, 2.05) is 31.2 Å². The Morgan fingerprint density at radius 2 is 1.79 bits per heavy atom. The van der Waals surface area contributed by atoms with Gasteiger partial charge in [0.05, 0.1) is 6.61 Å². The van der Waals surface area contributed by atoms with Crippen molar-refractivity contribution in [1.29, 1.82) is 0 Å². The minimum absolute atomic E-state index is 0.104. The molecule has 1 aromatic rings. The van der Waals surface area contributed by atoms with Gasteiger partial charge in [-0.25, -0.2) is 0 Å². The van der Waals surface area contributed by atoms with Gasteiger partial charge in [-0.05, 0) is 46.2 Å². The lowest BCUT2D eigenvalue weighted by Gasteiger charge is -2.27. The third kappa shape index (κ3) is 5.52. The first kappa shape index (κ1) is 15.8. The van der Waals surface area contributed by atoms with Gasteiger partial charge in [0.15, 0.2) is 11.5 Å². The van der Waals surface area contributed by atoms with E-state index in [9.17, 15) is 0 Å². The molecule has 1 rings (SSSR count). The quantitative estimate of drug-likeness (QED) is 0.778. The lowest BCUT2D eigenvalue weighted by atomic mass is 10.0. The lowest BCUT2D eigenvalue weighted by Crippen LogP contribution is -2.43. The third-order valence-corrected chi connectivity index (χ3v) is 3.23. The predicted molar refractivity (Wildman–Crippen MR) is 80.1 cm³/mol. The third-order valence-electron chi connectivity index (χ3n) is 3.23. The number of hydrogen-bond acceptors (Lipinski definition) is 3. The van der Waals surface area contributed by atoms with Crippen LogP contribution in [-0.4, -0.2) is 24.8 Å². The first-order valence-electron chi connectivity index (χ1n) is 7.12. The molecule has 0 amide bonds. The van der Waals surface area contributed by atoms with Gasteiger partial charge in [-0.2, -0.15) is 0 Å². The van der Waals surface area contributed by atoms with E-state index in [0.29, 0.717) is 6.61 Å². The molecule has 3 heteroatoms. The van der Waals surface area contributed by atoms with Crippen molar-refractivity contribution < 1.29 is 9.47 Å². The van der Waals surface area contributed by atoms with Crippen LogP contribution in [0.5, 0.6) is 11.5 Å². The van der Waals surface area contributed by atoms with Gasteiger partial charge in [0, 0.05) is 12.1 Å². The van der Waals surface area contributed by atoms with E-state index in [1.165, 1.54) is 0 Å². The van der Waals surface area contributed by atoms with Gasteiger partial charge in [0.1, 0.15) is 6.10 Å². The smallest absolute Gasteiger partial charge is 0.161 e. The van der Waals surface area contributed by atoms with Crippen LogP contribution in [0, 0.1) is 0 Å². The topological polar surface area (TPSA) is 30.5 Å². The second-order valence-electron chi connectivity index (χ2n) is 5.43. The summed E-state index contributed by atoms with van der Waals surface area (Å²) >= 11 is 0. The van der Waals surface area contributed by atoms with E-state index in [-0.39, 0.29) is 11.6 Å². The number of rotatable bonds is 8. The first-order valence-corrected chi connectivity index (χ1v) is 7.12. The molecule has 0 saturated carbocycles. The molecule has 0 bridgehead atoms. The molecule has 0 saturated heterocycles. The Morgan fingerprint density at radius 1 is 1.16 bits per heavy atom. The summed E-state index contributed by atoms with van der Waals surface area (Å²) in [5, 5.41) is 3.51. The monoisotopic (exact) mass is 265 g/mol. The summed E-state index contributed by atoms with van der Waals surface area (Å²) in [5.74, 6) is 1.62. The van der Waals surface area contributed by atoms with Crippen molar-refractivity contribution in [2.75, 3.05) is 13.2 Å². The Hall–Kier alpha value is -1.22. The number of hydrogen-bond donors (Lipinski definition) is 1. The first-order chi connectivity index (χ1) is 8.98. The summed E-state index contributed by atoms with van der Waals surface area (Å²) in [7, 11) is 0. The van der Waals surface area contributed by atoms with E-state index in [0.717, 1.165) is 24.5 Å². The van der Waals surface area contributed by atoms with Crippen LogP contribution < -0.4 is 14.8 Å². The standard InChI is InChI=1S/C16H27NO2/c1-6-16(4,5)17-12-13(3)19-15-11-9-8-10-14(15)18-7-2/h8-11,13,17H,6-7,12H2,1-5H3. The number of ether oxygens (including phenoxy) is 2. The highest BCUT2D eigenvalue weighted by atomic mass is 16.5. The van der Waals surface area contributed by atoms with Crippen molar-refractivity contribution in [3.63, 3.8) is 0 Å². The van der Waals surface area contributed by atoms with Crippen LogP contribution in [-0.2, 0) is 0 Å². The molecule has 0 aliphatic rings. The molecule has 0 spiro atoms. The van der Waals surface area contributed by atoms with Gasteiger partial charge >= 0.3 is 0 Å². The van der Waals surface area contributed by atoms with E-state index in [2.05, 4.69) is 33.0 Å². The van der Waals surface area contributed by atoms with Crippen molar-refractivity contribution in [2.45, 2.75) is 52.7 Å². The van der Waals surface area contributed by atoms with Crippen LogP contribution in [0.3, 0.4) is 0 Å². The molecule has 108 valence electrons. The van der Waals surface area contributed by atoms with Crippen molar-refractivity contribution in [1.82, 2.24) is 5.32 Å². The maximum Gasteiger partial charge on any atom is 0.161 e. The second-order valence-corrected chi connectivity index (χ2v) is 5.43. The highest BCUT2D eigenvalue weighted by molar-refractivity contribution is 5.39. The van der Waals surface area contributed by atoms with Gasteiger partial charge < -0.3 is 14.8 Å². The molecule has 3 nitrogen and oxygen atoms in total. The molecular weight excluding hydrogens is 238 g/mol. The maximum atomic E-state index is 5.95. The van der Waals surface area contributed by atoms with Crippen molar-refractivity contribution in [3.8, 4) is 11.5 Å². The van der Waals surface area contributed by atoms with Gasteiger partial charge in [0.25, 0.3) is 0 Å². The Bertz CT molecular complexity index is 377. The summed E-state index contributed by atoms with van der Waals surface area (Å²) in [6.45, 7) is 12.1. The lowest BCUT2D eigenvalue weighted by molar-refractivity contribution is 0.188. The Morgan fingerprint density at radius 3 is 2.37 bits per heavy atom. The van der Waals surface area contributed by atoms with E-state index >= 15 is 0 Å². The molecule has 0 radical (unpaired) electrons. The SMILES string of the molecule is CCOc1ccccc1OC(C)CNC(C)(C)CC. The summed E-state index contributed by atoms with van der Waals surface area (Å²) in [6.07, 6.45) is 1.20. The maximum absolute atomic E-state index is 5.95. The van der Waals surface area contributed by atoms with Crippen molar-refractivity contribution >= 4 is 0 Å². The Balaban J connectivity index is 2.54. The van der Waals surface area contributed by atoms with Crippen LogP contribution in [0.4, 0.5) is 0 Å². The fourth-order valence-electron chi connectivity index (χ4n) is 1.63. The molecule has 1 unspecified atom stereocenters. The Kier molecular flexibility index (Phi) is 6.16. The summed E-state index contributed by atoms with van der Waals surface area (Å²) < 4.78 is 11.5. The minimum Gasteiger partial charge on any atom is -0.490 e. The van der Waals surface area contributed by atoms with Crippen molar-refractivity contribution in [3.05, 3.63) is 24.3 Å². The molecule has 1 aromatic carbocycles. The molecule has 0 aromatic heterocycles. The van der Waals surface area contributed by atoms with Gasteiger partial charge in [-0.15, -0.1) is 0 Å². The normalized spacial score (nSPS) is 13.1. The zero-order chi connectivity index (χ0) is 14.3. The van der Waals surface area contributed by atoms with Crippen molar-refractivity contribution in [2.24, 2.45) is 0 Å². The summed E-state index contributed by atoms with van der Waals surface area (Å²) in [4.78, 5) is 0.